The van der Waals surface area contributed by atoms with Gasteiger partial charge in [-0.3, -0.25) is 4.79 Å². The lowest BCUT2D eigenvalue weighted by atomic mass is 10.2. The number of amides is 1. The highest BCUT2D eigenvalue weighted by Crippen LogP contribution is 2.19. The van der Waals surface area contributed by atoms with Gasteiger partial charge in [-0.05, 0) is 30.7 Å². The van der Waals surface area contributed by atoms with Gasteiger partial charge in [0.1, 0.15) is 11.6 Å². The van der Waals surface area contributed by atoms with Crippen LogP contribution in [0.5, 0.6) is 0 Å². The van der Waals surface area contributed by atoms with Gasteiger partial charge in [0.05, 0.1) is 11.3 Å². The maximum Gasteiger partial charge on any atom is 0.259 e. The summed E-state index contributed by atoms with van der Waals surface area (Å²) >= 11 is 0. The lowest BCUT2D eigenvalue weighted by Crippen LogP contribution is -2.27. The Balaban J connectivity index is 2.14. The number of hydrogen-bond acceptors (Lipinski definition) is 3. The van der Waals surface area contributed by atoms with Crippen LogP contribution in [0.4, 0.5) is 15.9 Å². The molecule has 1 aromatic heterocycles. The van der Waals surface area contributed by atoms with Gasteiger partial charge in [0, 0.05) is 19.8 Å². The molecule has 0 aliphatic heterocycles. The number of pyridine rings is 1. The summed E-state index contributed by atoms with van der Waals surface area (Å²) in [7, 11) is 1.55. The van der Waals surface area contributed by atoms with E-state index >= 15 is 0 Å². The normalized spacial score (nSPS) is 10.2. The summed E-state index contributed by atoms with van der Waals surface area (Å²) in [4.78, 5) is 17.8. The number of aromatic nitrogens is 1. The van der Waals surface area contributed by atoms with Crippen molar-refractivity contribution in [3.8, 4) is 0 Å². The van der Waals surface area contributed by atoms with E-state index in [1.807, 2.05) is 0 Å². The predicted molar refractivity (Wildman–Crippen MR) is 82.2 cm³/mol. The van der Waals surface area contributed by atoms with Crippen LogP contribution in [0.25, 0.3) is 0 Å². The minimum atomic E-state index is -0.428. The minimum absolute atomic E-state index is 0.246. The Morgan fingerprint density at radius 2 is 2.05 bits per heavy atom. The van der Waals surface area contributed by atoms with Crippen LogP contribution in [0.1, 0.15) is 23.7 Å². The zero-order valence-electron chi connectivity index (χ0n) is 12.1. The Morgan fingerprint density at radius 1 is 1.29 bits per heavy atom. The molecule has 5 heteroatoms. The number of nitrogens with one attached hydrogen (secondary N) is 1. The molecule has 0 spiro atoms. The fraction of sp³-hybridized carbons (Fsp3) is 0.250. The van der Waals surface area contributed by atoms with Crippen LogP contribution < -0.4 is 10.2 Å². The van der Waals surface area contributed by atoms with Gasteiger partial charge in [-0.15, -0.1) is 0 Å². The quantitative estimate of drug-likeness (QED) is 0.917. The number of hydrogen-bond donors (Lipinski definition) is 1. The van der Waals surface area contributed by atoms with Crippen molar-refractivity contribution >= 4 is 17.4 Å². The number of para-hydroxylation sites is 1. The molecule has 0 radical (unpaired) electrons. The zero-order valence-corrected chi connectivity index (χ0v) is 12.1. The fourth-order valence-electron chi connectivity index (χ4n) is 1.90. The third-order valence-corrected chi connectivity index (χ3v) is 3.08. The van der Waals surface area contributed by atoms with E-state index in [1.165, 1.54) is 17.2 Å². The van der Waals surface area contributed by atoms with Crippen LogP contribution >= 0.6 is 0 Å². The monoisotopic (exact) mass is 287 g/mol. The number of benzene rings is 1. The van der Waals surface area contributed by atoms with Crippen molar-refractivity contribution in [3.05, 3.63) is 54.0 Å². The van der Waals surface area contributed by atoms with E-state index in [9.17, 15) is 9.18 Å². The molecule has 0 bridgehead atoms. The van der Waals surface area contributed by atoms with Crippen LogP contribution in [-0.2, 0) is 0 Å². The Morgan fingerprint density at radius 3 is 2.67 bits per heavy atom. The molecule has 0 saturated heterocycles. The highest BCUT2D eigenvalue weighted by molar-refractivity contribution is 6.05. The van der Waals surface area contributed by atoms with Crippen LogP contribution in [0.3, 0.4) is 0 Å². The maximum atomic E-state index is 13.7. The average molecular weight is 287 g/mol. The summed E-state index contributed by atoms with van der Waals surface area (Å²) in [6, 6.07) is 9.61. The van der Waals surface area contributed by atoms with Crippen molar-refractivity contribution < 1.29 is 9.18 Å². The van der Waals surface area contributed by atoms with Crippen molar-refractivity contribution in [2.24, 2.45) is 0 Å². The van der Waals surface area contributed by atoms with E-state index in [1.54, 1.807) is 37.4 Å². The first kappa shape index (κ1) is 15.0. The van der Waals surface area contributed by atoms with Crippen molar-refractivity contribution in [1.29, 1.82) is 0 Å². The van der Waals surface area contributed by atoms with Gasteiger partial charge in [0.25, 0.3) is 5.91 Å². The molecule has 1 N–H and O–H groups in total. The van der Waals surface area contributed by atoms with Crippen molar-refractivity contribution in [3.63, 3.8) is 0 Å². The number of anilines is 2. The third kappa shape index (κ3) is 3.56. The first-order valence-corrected chi connectivity index (χ1v) is 6.86. The molecule has 2 aromatic rings. The molecule has 1 aromatic carbocycles. The molecular formula is C16H18FN3O. The molecule has 0 fully saturated rings. The molecule has 1 amide bonds. The number of rotatable bonds is 5. The van der Waals surface area contributed by atoms with Gasteiger partial charge in [0.2, 0.25) is 0 Å². The number of carbonyl (C=O) groups excluding carboxylic acids is 1. The topological polar surface area (TPSA) is 45.2 Å². The molecule has 1 heterocycles. The van der Waals surface area contributed by atoms with Gasteiger partial charge in [-0.1, -0.05) is 19.1 Å². The van der Waals surface area contributed by atoms with E-state index in [0.29, 0.717) is 5.56 Å². The summed E-state index contributed by atoms with van der Waals surface area (Å²) in [5, 5.41) is 3.13. The molecule has 4 nitrogen and oxygen atoms in total. The first-order chi connectivity index (χ1) is 10.1. The lowest BCUT2D eigenvalue weighted by Gasteiger charge is -2.18. The molecule has 0 saturated carbocycles. The molecule has 0 aliphatic rings. The van der Waals surface area contributed by atoms with Gasteiger partial charge in [0.15, 0.2) is 0 Å². The van der Waals surface area contributed by atoms with Crippen molar-refractivity contribution in [2.75, 3.05) is 23.8 Å². The maximum absolute atomic E-state index is 13.7. The number of carbonyl (C=O) groups is 1. The van der Waals surface area contributed by atoms with Crippen LogP contribution in [0.15, 0.2) is 42.6 Å². The second kappa shape index (κ2) is 6.83. The smallest absolute Gasteiger partial charge is 0.259 e. The summed E-state index contributed by atoms with van der Waals surface area (Å²) in [6.45, 7) is 2.89. The average Bonchev–Trinajstić information content (AvgIpc) is 2.52. The Kier molecular flexibility index (Phi) is 4.87. The summed E-state index contributed by atoms with van der Waals surface area (Å²) in [5.41, 5.74) is 0.665. The molecular weight excluding hydrogens is 269 g/mol. The van der Waals surface area contributed by atoms with Gasteiger partial charge < -0.3 is 10.2 Å². The van der Waals surface area contributed by atoms with E-state index in [0.717, 1.165) is 18.8 Å². The first-order valence-electron chi connectivity index (χ1n) is 6.86. The van der Waals surface area contributed by atoms with E-state index in [2.05, 4.69) is 17.2 Å². The van der Waals surface area contributed by atoms with Gasteiger partial charge in [-0.25, -0.2) is 9.37 Å². The van der Waals surface area contributed by atoms with E-state index < -0.39 is 5.82 Å². The van der Waals surface area contributed by atoms with Crippen molar-refractivity contribution in [2.45, 2.75) is 13.3 Å². The zero-order chi connectivity index (χ0) is 15.2. The predicted octanol–water partition coefficient (Wildman–Crippen LogP) is 3.32. The summed E-state index contributed by atoms with van der Waals surface area (Å²) in [6.07, 6.45) is 2.50. The van der Waals surface area contributed by atoms with Crippen molar-refractivity contribution in [1.82, 2.24) is 4.98 Å². The SMILES string of the molecule is CCCNc1ccc(C(=O)N(C)c2ccccc2F)cn1. The molecule has 0 unspecified atom stereocenters. The molecule has 0 aliphatic carbocycles. The Hall–Kier alpha value is -2.43. The minimum Gasteiger partial charge on any atom is -0.370 e. The number of nitrogens with zero attached hydrogens (tertiary/aromatic N) is 2. The largest absolute Gasteiger partial charge is 0.370 e. The van der Waals surface area contributed by atoms with Crippen LogP contribution in [-0.4, -0.2) is 24.5 Å². The molecule has 0 atom stereocenters. The van der Waals surface area contributed by atoms with Gasteiger partial charge >= 0.3 is 0 Å². The summed E-state index contributed by atoms with van der Waals surface area (Å²) < 4.78 is 13.7. The van der Waals surface area contributed by atoms with Crippen LogP contribution in [0.2, 0.25) is 0 Å². The second-order valence-electron chi connectivity index (χ2n) is 4.67. The third-order valence-electron chi connectivity index (χ3n) is 3.08. The summed E-state index contributed by atoms with van der Waals surface area (Å²) in [5.74, 6) is -0.000807. The molecule has 2 rings (SSSR count). The second-order valence-corrected chi connectivity index (χ2v) is 4.67. The Bertz CT molecular complexity index is 613. The highest BCUT2D eigenvalue weighted by Gasteiger charge is 2.16. The lowest BCUT2D eigenvalue weighted by molar-refractivity contribution is 0.0992. The van der Waals surface area contributed by atoms with E-state index in [4.69, 9.17) is 0 Å². The standard InChI is InChI=1S/C16H18FN3O/c1-3-10-18-15-9-8-12(11-19-15)16(21)20(2)14-7-5-4-6-13(14)17/h4-9,11H,3,10H2,1-2H3,(H,18,19). The fourth-order valence-corrected chi connectivity index (χ4v) is 1.90. The van der Waals surface area contributed by atoms with Crippen LogP contribution in [0, 0.1) is 5.82 Å². The molecule has 21 heavy (non-hydrogen) atoms. The number of halogens is 1. The van der Waals surface area contributed by atoms with E-state index in [-0.39, 0.29) is 11.6 Å². The molecule has 110 valence electrons. The highest BCUT2D eigenvalue weighted by atomic mass is 19.1. The van der Waals surface area contributed by atoms with Gasteiger partial charge in [-0.2, -0.15) is 0 Å². The Labute approximate surface area is 123 Å².